The fourth-order valence-corrected chi connectivity index (χ4v) is 4.58. The molecule has 0 unspecified atom stereocenters. The van der Waals surface area contributed by atoms with E-state index in [9.17, 15) is 18.0 Å². The summed E-state index contributed by atoms with van der Waals surface area (Å²) in [5.41, 5.74) is 1.57. The Morgan fingerprint density at radius 3 is 2.43 bits per heavy atom. The number of carbonyl (C=O) groups is 2. The zero-order chi connectivity index (χ0) is 22.1. The number of aryl methyl sites for hydroxylation is 1. The summed E-state index contributed by atoms with van der Waals surface area (Å²) in [5.74, 6) is -0.424. The van der Waals surface area contributed by atoms with Crippen molar-refractivity contribution in [3.8, 4) is 0 Å². The van der Waals surface area contributed by atoms with Crippen LogP contribution in [0.2, 0.25) is 0 Å². The van der Waals surface area contributed by atoms with Crippen LogP contribution in [0.25, 0.3) is 0 Å². The van der Waals surface area contributed by atoms with E-state index in [-0.39, 0.29) is 28.0 Å². The number of fused-ring (bicyclic) bond motifs is 1. The maximum atomic E-state index is 13.0. The molecule has 2 aromatic rings. The zero-order valence-electron chi connectivity index (χ0n) is 17.7. The van der Waals surface area contributed by atoms with Gasteiger partial charge < -0.3 is 10.2 Å². The van der Waals surface area contributed by atoms with Crippen LogP contribution >= 0.6 is 0 Å². The van der Waals surface area contributed by atoms with E-state index in [4.69, 9.17) is 0 Å². The summed E-state index contributed by atoms with van der Waals surface area (Å²) in [5, 5.41) is 2.85. The van der Waals surface area contributed by atoms with Crippen molar-refractivity contribution in [3.63, 3.8) is 0 Å². The molecular formula is C22H27N3O4S. The summed E-state index contributed by atoms with van der Waals surface area (Å²) in [4.78, 5) is 26.2. The van der Waals surface area contributed by atoms with E-state index in [2.05, 4.69) is 10.0 Å². The second kappa shape index (κ2) is 8.10. The molecule has 8 heteroatoms. The maximum Gasteiger partial charge on any atom is 0.261 e. The Balaban J connectivity index is 1.92. The molecule has 0 saturated carbocycles. The van der Waals surface area contributed by atoms with Crippen LogP contribution in [0, 0.1) is 0 Å². The van der Waals surface area contributed by atoms with E-state index >= 15 is 0 Å². The molecule has 1 aliphatic heterocycles. The minimum absolute atomic E-state index is 0.0662. The Bertz CT molecular complexity index is 1090. The first-order valence-electron chi connectivity index (χ1n) is 9.83. The number of rotatable bonds is 4. The minimum Gasteiger partial charge on any atom is -0.347 e. The van der Waals surface area contributed by atoms with E-state index in [1.807, 2.05) is 20.8 Å². The van der Waals surface area contributed by atoms with Crippen molar-refractivity contribution in [2.75, 3.05) is 16.2 Å². The number of hydrogen-bond donors (Lipinski definition) is 2. The van der Waals surface area contributed by atoms with Crippen molar-refractivity contribution < 1.29 is 18.0 Å². The molecule has 1 aliphatic rings. The van der Waals surface area contributed by atoms with Crippen LogP contribution in [-0.2, 0) is 21.2 Å². The fourth-order valence-electron chi connectivity index (χ4n) is 3.45. The predicted molar refractivity (Wildman–Crippen MR) is 117 cm³/mol. The lowest BCUT2D eigenvalue weighted by Gasteiger charge is -2.29. The van der Waals surface area contributed by atoms with Gasteiger partial charge in [-0.3, -0.25) is 14.3 Å². The summed E-state index contributed by atoms with van der Waals surface area (Å²) in [6.45, 7) is 7.70. The highest BCUT2D eigenvalue weighted by Gasteiger charge is 2.25. The SMILES string of the molecule is CC(=O)N1CCCc2cc(S(=O)(=O)Nc3ccccc3C(=O)NC(C)(C)C)ccc21. The molecule has 2 amide bonds. The van der Waals surface area contributed by atoms with Crippen LogP contribution in [0.4, 0.5) is 11.4 Å². The highest BCUT2D eigenvalue weighted by atomic mass is 32.2. The molecule has 0 fully saturated rings. The summed E-state index contributed by atoms with van der Waals surface area (Å²) in [6, 6.07) is 11.3. The van der Waals surface area contributed by atoms with E-state index in [0.717, 1.165) is 17.7 Å². The third-order valence-corrected chi connectivity index (χ3v) is 6.13. The highest BCUT2D eigenvalue weighted by Crippen LogP contribution is 2.30. The van der Waals surface area contributed by atoms with E-state index < -0.39 is 15.6 Å². The quantitative estimate of drug-likeness (QED) is 0.779. The average Bonchev–Trinajstić information content (AvgIpc) is 2.65. The summed E-state index contributed by atoms with van der Waals surface area (Å²) < 4.78 is 28.6. The molecular weight excluding hydrogens is 402 g/mol. The maximum absolute atomic E-state index is 13.0. The van der Waals surface area contributed by atoms with Crippen LogP contribution in [0.5, 0.6) is 0 Å². The largest absolute Gasteiger partial charge is 0.347 e. The average molecular weight is 430 g/mol. The number of benzene rings is 2. The van der Waals surface area contributed by atoms with Gasteiger partial charge in [-0.15, -0.1) is 0 Å². The fraction of sp³-hybridized carbons (Fsp3) is 0.364. The Morgan fingerprint density at radius 2 is 1.77 bits per heavy atom. The molecule has 0 aliphatic carbocycles. The first-order chi connectivity index (χ1) is 14.0. The number of nitrogens with zero attached hydrogens (tertiary/aromatic N) is 1. The Morgan fingerprint density at radius 1 is 1.07 bits per heavy atom. The van der Waals surface area contributed by atoms with Crippen LogP contribution in [0.15, 0.2) is 47.4 Å². The summed E-state index contributed by atoms with van der Waals surface area (Å²) >= 11 is 0. The number of carbonyl (C=O) groups excluding carboxylic acids is 2. The standard InChI is InChI=1S/C22H27N3O4S/c1-15(26)25-13-7-8-16-14-17(11-12-20(16)25)30(28,29)24-19-10-6-5-9-18(19)21(27)23-22(2,3)4/h5-6,9-12,14,24H,7-8,13H2,1-4H3,(H,23,27). The Kier molecular flexibility index (Phi) is 5.90. The first kappa shape index (κ1) is 21.8. The van der Waals surface area contributed by atoms with Gasteiger partial charge in [0, 0.05) is 24.7 Å². The molecule has 2 aromatic carbocycles. The summed E-state index contributed by atoms with van der Waals surface area (Å²) in [6.07, 6.45) is 1.48. The number of sulfonamides is 1. The monoisotopic (exact) mass is 429 g/mol. The second-order valence-corrected chi connectivity index (χ2v) is 10.1. The van der Waals surface area contributed by atoms with E-state index in [1.54, 1.807) is 41.3 Å². The topological polar surface area (TPSA) is 95.6 Å². The smallest absolute Gasteiger partial charge is 0.261 e. The summed E-state index contributed by atoms with van der Waals surface area (Å²) in [7, 11) is -3.92. The van der Waals surface area contributed by atoms with Gasteiger partial charge in [-0.1, -0.05) is 12.1 Å². The van der Waals surface area contributed by atoms with Crippen molar-refractivity contribution in [1.29, 1.82) is 0 Å². The molecule has 3 rings (SSSR count). The number of amides is 2. The van der Waals surface area contributed by atoms with E-state index in [1.165, 1.54) is 13.0 Å². The van der Waals surface area contributed by atoms with Crippen LogP contribution in [-0.4, -0.2) is 32.3 Å². The number of hydrogen-bond acceptors (Lipinski definition) is 4. The first-order valence-corrected chi connectivity index (χ1v) is 11.3. The van der Waals surface area contributed by atoms with Crippen molar-refractivity contribution in [2.24, 2.45) is 0 Å². The highest BCUT2D eigenvalue weighted by molar-refractivity contribution is 7.92. The van der Waals surface area contributed by atoms with Crippen LogP contribution in [0.3, 0.4) is 0 Å². The predicted octanol–water partition coefficient (Wildman–Crippen LogP) is 3.31. The van der Waals surface area contributed by atoms with Gasteiger partial charge in [-0.05, 0) is 69.5 Å². The molecule has 0 aromatic heterocycles. The van der Waals surface area contributed by atoms with Crippen LogP contribution in [0.1, 0.15) is 50.0 Å². The lowest BCUT2D eigenvalue weighted by molar-refractivity contribution is -0.116. The Hall–Kier alpha value is -2.87. The number of anilines is 2. The van der Waals surface area contributed by atoms with Crippen molar-refractivity contribution in [3.05, 3.63) is 53.6 Å². The van der Waals surface area contributed by atoms with Gasteiger partial charge in [0.1, 0.15) is 0 Å². The molecule has 160 valence electrons. The van der Waals surface area contributed by atoms with Gasteiger partial charge >= 0.3 is 0 Å². The third-order valence-electron chi connectivity index (χ3n) is 4.76. The molecule has 30 heavy (non-hydrogen) atoms. The Labute approximate surface area is 177 Å². The molecule has 7 nitrogen and oxygen atoms in total. The molecule has 0 spiro atoms. The van der Waals surface area contributed by atoms with Crippen molar-refractivity contribution in [1.82, 2.24) is 5.32 Å². The number of para-hydroxylation sites is 1. The van der Waals surface area contributed by atoms with Gasteiger partial charge in [0.05, 0.1) is 16.1 Å². The number of nitrogens with one attached hydrogen (secondary N) is 2. The lowest BCUT2D eigenvalue weighted by Crippen LogP contribution is -2.40. The van der Waals surface area contributed by atoms with Crippen LogP contribution < -0.4 is 14.9 Å². The molecule has 0 atom stereocenters. The molecule has 0 saturated heterocycles. The van der Waals surface area contributed by atoms with Gasteiger partial charge in [0.15, 0.2) is 0 Å². The normalized spacial score (nSPS) is 14.1. The zero-order valence-corrected chi connectivity index (χ0v) is 18.5. The van der Waals surface area contributed by atoms with Gasteiger partial charge in [0.2, 0.25) is 5.91 Å². The minimum atomic E-state index is -3.92. The second-order valence-electron chi connectivity index (χ2n) is 8.42. The molecule has 2 N–H and O–H groups in total. The van der Waals surface area contributed by atoms with Crippen molar-refractivity contribution >= 4 is 33.2 Å². The van der Waals surface area contributed by atoms with Gasteiger partial charge in [0.25, 0.3) is 15.9 Å². The molecule has 0 radical (unpaired) electrons. The molecule has 1 heterocycles. The van der Waals surface area contributed by atoms with Gasteiger partial charge in [-0.25, -0.2) is 8.42 Å². The van der Waals surface area contributed by atoms with E-state index in [0.29, 0.717) is 13.0 Å². The lowest BCUT2D eigenvalue weighted by atomic mass is 10.0. The molecule has 0 bridgehead atoms. The van der Waals surface area contributed by atoms with Gasteiger partial charge in [-0.2, -0.15) is 0 Å². The third kappa shape index (κ3) is 4.81. The van der Waals surface area contributed by atoms with Crippen molar-refractivity contribution in [2.45, 2.75) is 51.0 Å².